The molecule has 12 heavy (non-hydrogen) atoms. The molecular formula is C10H15NS. The molecule has 0 heterocycles. The van der Waals surface area contributed by atoms with Gasteiger partial charge in [0.1, 0.15) is 0 Å². The Morgan fingerprint density at radius 3 is 2.67 bits per heavy atom. The average molecular weight is 181 g/mol. The molecule has 0 bridgehead atoms. The molecule has 0 radical (unpaired) electrons. The number of anilines is 1. The lowest BCUT2D eigenvalue weighted by molar-refractivity contribution is 1.09. The minimum absolute atomic E-state index is 0.927. The molecule has 1 nitrogen and oxygen atoms in total. The molecule has 0 aliphatic heterocycles. The lowest BCUT2D eigenvalue weighted by Gasteiger charge is -2.08. The number of rotatable bonds is 3. The summed E-state index contributed by atoms with van der Waals surface area (Å²) in [6, 6.07) is 6.13. The minimum atomic E-state index is 0.927. The monoisotopic (exact) mass is 181 g/mol. The standard InChI is InChI=1S/C10H15NS/c1-3-8-9(11)6-5-7-10(8)12-4-2/h5-7H,3-4,11H2,1-2H3. The Morgan fingerprint density at radius 1 is 1.33 bits per heavy atom. The van der Waals surface area contributed by atoms with Crippen molar-refractivity contribution < 1.29 is 0 Å². The normalized spacial score (nSPS) is 10.2. The van der Waals surface area contributed by atoms with Gasteiger partial charge in [0.15, 0.2) is 0 Å². The summed E-state index contributed by atoms with van der Waals surface area (Å²) in [5.74, 6) is 1.11. The summed E-state index contributed by atoms with van der Waals surface area (Å²) >= 11 is 1.86. The van der Waals surface area contributed by atoms with Crippen LogP contribution in [0.3, 0.4) is 0 Å². The minimum Gasteiger partial charge on any atom is -0.398 e. The fourth-order valence-electron chi connectivity index (χ4n) is 1.25. The number of thioether (sulfide) groups is 1. The summed E-state index contributed by atoms with van der Waals surface area (Å²) in [5, 5.41) is 0. The molecule has 2 heteroatoms. The summed E-state index contributed by atoms with van der Waals surface area (Å²) in [6.45, 7) is 4.30. The van der Waals surface area contributed by atoms with Gasteiger partial charge in [0.05, 0.1) is 0 Å². The van der Waals surface area contributed by atoms with Gasteiger partial charge in [0, 0.05) is 10.6 Å². The van der Waals surface area contributed by atoms with E-state index in [0.717, 1.165) is 17.9 Å². The zero-order valence-corrected chi connectivity index (χ0v) is 8.45. The first-order valence-corrected chi connectivity index (χ1v) is 5.28. The van der Waals surface area contributed by atoms with Crippen LogP contribution in [0.5, 0.6) is 0 Å². The first kappa shape index (κ1) is 9.46. The second-order valence-corrected chi connectivity index (χ2v) is 3.92. The summed E-state index contributed by atoms with van der Waals surface area (Å²) in [5.41, 5.74) is 8.07. The molecule has 0 saturated heterocycles. The van der Waals surface area contributed by atoms with E-state index in [2.05, 4.69) is 19.9 Å². The Labute approximate surface area is 78.4 Å². The Balaban J connectivity index is 3.00. The van der Waals surface area contributed by atoms with Crippen LogP contribution in [0.2, 0.25) is 0 Å². The third-order valence-electron chi connectivity index (χ3n) is 1.82. The van der Waals surface area contributed by atoms with Crippen LogP contribution in [-0.4, -0.2) is 5.75 Å². The molecule has 0 aromatic heterocycles. The summed E-state index contributed by atoms with van der Waals surface area (Å²) in [7, 11) is 0. The van der Waals surface area contributed by atoms with Gasteiger partial charge in [-0.05, 0) is 29.9 Å². The maximum atomic E-state index is 5.85. The van der Waals surface area contributed by atoms with Crippen LogP contribution >= 0.6 is 11.8 Å². The van der Waals surface area contributed by atoms with Gasteiger partial charge in [-0.3, -0.25) is 0 Å². The van der Waals surface area contributed by atoms with Crippen LogP contribution in [0.15, 0.2) is 23.1 Å². The highest BCUT2D eigenvalue weighted by Crippen LogP contribution is 2.26. The first-order valence-electron chi connectivity index (χ1n) is 4.29. The van der Waals surface area contributed by atoms with E-state index in [4.69, 9.17) is 5.73 Å². The van der Waals surface area contributed by atoms with Gasteiger partial charge >= 0.3 is 0 Å². The quantitative estimate of drug-likeness (QED) is 0.573. The van der Waals surface area contributed by atoms with Gasteiger partial charge in [-0.25, -0.2) is 0 Å². The van der Waals surface area contributed by atoms with E-state index in [1.54, 1.807) is 0 Å². The molecular weight excluding hydrogens is 166 g/mol. The van der Waals surface area contributed by atoms with Crippen molar-refractivity contribution in [2.24, 2.45) is 0 Å². The van der Waals surface area contributed by atoms with Crippen molar-refractivity contribution in [3.63, 3.8) is 0 Å². The van der Waals surface area contributed by atoms with Crippen LogP contribution in [0.25, 0.3) is 0 Å². The van der Waals surface area contributed by atoms with Gasteiger partial charge in [0.2, 0.25) is 0 Å². The summed E-state index contributed by atoms with van der Waals surface area (Å²) in [6.07, 6.45) is 1.02. The van der Waals surface area contributed by atoms with Gasteiger partial charge in [-0.2, -0.15) is 0 Å². The van der Waals surface area contributed by atoms with Crippen LogP contribution < -0.4 is 5.73 Å². The Morgan fingerprint density at radius 2 is 2.08 bits per heavy atom. The molecule has 0 amide bonds. The molecule has 0 aliphatic carbocycles. The average Bonchev–Trinajstić information content (AvgIpc) is 2.05. The third-order valence-corrected chi connectivity index (χ3v) is 2.80. The molecule has 1 aromatic rings. The van der Waals surface area contributed by atoms with Crippen molar-refractivity contribution >= 4 is 17.4 Å². The van der Waals surface area contributed by atoms with E-state index in [0.29, 0.717) is 0 Å². The highest BCUT2D eigenvalue weighted by molar-refractivity contribution is 7.99. The second-order valence-electron chi connectivity index (χ2n) is 2.61. The maximum Gasteiger partial charge on any atom is 0.0357 e. The molecule has 0 aliphatic rings. The van der Waals surface area contributed by atoms with E-state index in [1.807, 2.05) is 23.9 Å². The Bertz CT molecular complexity index is 258. The molecule has 66 valence electrons. The van der Waals surface area contributed by atoms with Crippen molar-refractivity contribution in [3.05, 3.63) is 23.8 Å². The van der Waals surface area contributed by atoms with Crippen LogP contribution in [-0.2, 0) is 6.42 Å². The van der Waals surface area contributed by atoms with Gasteiger partial charge in [0.25, 0.3) is 0 Å². The zero-order chi connectivity index (χ0) is 8.97. The maximum absolute atomic E-state index is 5.85. The molecule has 0 saturated carbocycles. The van der Waals surface area contributed by atoms with Crippen LogP contribution in [0.4, 0.5) is 5.69 Å². The predicted molar refractivity (Wildman–Crippen MR) is 56.6 cm³/mol. The molecule has 2 N–H and O–H groups in total. The molecule has 0 atom stereocenters. The lowest BCUT2D eigenvalue weighted by Crippen LogP contribution is -1.94. The predicted octanol–water partition coefficient (Wildman–Crippen LogP) is 2.94. The first-order chi connectivity index (χ1) is 5.79. The third kappa shape index (κ3) is 1.95. The van der Waals surface area contributed by atoms with E-state index in [-0.39, 0.29) is 0 Å². The fourth-order valence-corrected chi connectivity index (χ4v) is 2.17. The number of benzene rings is 1. The van der Waals surface area contributed by atoms with Crippen LogP contribution in [0.1, 0.15) is 19.4 Å². The fraction of sp³-hybridized carbons (Fsp3) is 0.400. The smallest absolute Gasteiger partial charge is 0.0357 e. The van der Waals surface area contributed by atoms with Gasteiger partial charge < -0.3 is 5.73 Å². The summed E-state index contributed by atoms with van der Waals surface area (Å²) in [4.78, 5) is 1.33. The van der Waals surface area contributed by atoms with Crippen molar-refractivity contribution in [2.75, 3.05) is 11.5 Å². The van der Waals surface area contributed by atoms with Crippen molar-refractivity contribution in [3.8, 4) is 0 Å². The Kier molecular flexibility index (Phi) is 3.48. The number of hydrogen-bond acceptors (Lipinski definition) is 2. The topological polar surface area (TPSA) is 26.0 Å². The molecule has 0 fully saturated rings. The van der Waals surface area contributed by atoms with Crippen molar-refractivity contribution in [1.29, 1.82) is 0 Å². The molecule has 1 rings (SSSR count). The van der Waals surface area contributed by atoms with E-state index in [1.165, 1.54) is 10.5 Å². The van der Waals surface area contributed by atoms with Gasteiger partial charge in [-0.1, -0.05) is 19.9 Å². The number of nitrogen functional groups attached to an aromatic ring is 1. The lowest BCUT2D eigenvalue weighted by atomic mass is 10.1. The zero-order valence-electron chi connectivity index (χ0n) is 7.63. The molecule has 1 aromatic carbocycles. The van der Waals surface area contributed by atoms with Gasteiger partial charge in [-0.15, -0.1) is 11.8 Å². The molecule has 0 unspecified atom stereocenters. The second kappa shape index (κ2) is 4.41. The van der Waals surface area contributed by atoms with Crippen LogP contribution in [0, 0.1) is 0 Å². The Hall–Kier alpha value is -0.630. The molecule has 0 spiro atoms. The number of nitrogens with two attached hydrogens (primary N) is 1. The summed E-state index contributed by atoms with van der Waals surface area (Å²) < 4.78 is 0. The van der Waals surface area contributed by atoms with E-state index in [9.17, 15) is 0 Å². The SMILES string of the molecule is CCSc1cccc(N)c1CC. The van der Waals surface area contributed by atoms with E-state index < -0.39 is 0 Å². The number of hydrogen-bond donors (Lipinski definition) is 1. The highest BCUT2D eigenvalue weighted by atomic mass is 32.2. The van der Waals surface area contributed by atoms with Crippen molar-refractivity contribution in [1.82, 2.24) is 0 Å². The largest absolute Gasteiger partial charge is 0.398 e. The van der Waals surface area contributed by atoms with E-state index >= 15 is 0 Å². The van der Waals surface area contributed by atoms with Crippen molar-refractivity contribution in [2.45, 2.75) is 25.2 Å². The highest BCUT2D eigenvalue weighted by Gasteiger charge is 2.02.